The fourth-order valence-corrected chi connectivity index (χ4v) is 3.95. The van der Waals surface area contributed by atoms with Gasteiger partial charge in [0.1, 0.15) is 17.8 Å². The maximum absolute atomic E-state index is 12.1. The van der Waals surface area contributed by atoms with E-state index in [4.69, 9.17) is 14.2 Å². The zero-order chi connectivity index (χ0) is 18.9. The van der Waals surface area contributed by atoms with Crippen LogP contribution in [0.1, 0.15) is 52.9 Å². The van der Waals surface area contributed by atoms with Crippen LogP contribution in [-0.4, -0.2) is 35.9 Å². The fourth-order valence-electron chi connectivity index (χ4n) is 3.95. The Morgan fingerprint density at radius 2 is 2.08 bits per heavy atom. The van der Waals surface area contributed by atoms with Crippen LogP contribution >= 0.6 is 0 Å². The average molecular weight is 360 g/mol. The Labute approximate surface area is 155 Å². The highest BCUT2D eigenvalue weighted by Gasteiger charge is 2.59. The predicted octanol–water partition coefficient (Wildman–Crippen LogP) is 3.64. The summed E-state index contributed by atoms with van der Waals surface area (Å²) in [7, 11) is 0. The van der Waals surface area contributed by atoms with Gasteiger partial charge in [-0.05, 0) is 52.0 Å². The number of epoxide rings is 1. The first-order valence-electron chi connectivity index (χ1n) is 9.38. The smallest absolute Gasteiger partial charge is 0.334 e. The summed E-state index contributed by atoms with van der Waals surface area (Å²) in [5.74, 6) is -0.916. The second-order valence-electron chi connectivity index (χ2n) is 7.73. The van der Waals surface area contributed by atoms with Gasteiger partial charge < -0.3 is 14.2 Å². The minimum atomic E-state index is -0.515. The van der Waals surface area contributed by atoms with E-state index in [0.717, 1.165) is 25.7 Å². The van der Waals surface area contributed by atoms with Crippen LogP contribution in [-0.2, 0) is 23.8 Å². The first-order valence-corrected chi connectivity index (χ1v) is 9.38. The number of carbonyl (C=O) groups is 2. The SMILES string of the molecule is C=C1C(=O)OC2/C=C(\C)CC/C=C\CCC3OC3(C)C(OC(C)=O)CC12. The van der Waals surface area contributed by atoms with Crippen molar-refractivity contribution >= 4 is 11.9 Å². The average Bonchev–Trinajstić information content (AvgIpc) is 3.16. The zero-order valence-electron chi connectivity index (χ0n) is 15.8. The van der Waals surface area contributed by atoms with Gasteiger partial charge in [-0.15, -0.1) is 0 Å². The van der Waals surface area contributed by atoms with Crippen LogP contribution in [0.3, 0.4) is 0 Å². The van der Waals surface area contributed by atoms with Crippen molar-refractivity contribution in [3.63, 3.8) is 0 Å². The van der Waals surface area contributed by atoms with Crippen molar-refractivity contribution in [1.29, 1.82) is 0 Å². The van der Waals surface area contributed by atoms with Crippen molar-refractivity contribution in [2.45, 2.75) is 76.8 Å². The topological polar surface area (TPSA) is 65.1 Å². The van der Waals surface area contributed by atoms with Gasteiger partial charge in [-0.3, -0.25) is 4.79 Å². The molecule has 5 unspecified atom stereocenters. The second-order valence-corrected chi connectivity index (χ2v) is 7.73. The third kappa shape index (κ3) is 3.93. The van der Waals surface area contributed by atoms with Gasteiger partial charge in [0.2, 0.25) is 0 Å². The molecule has 142 valence electrons. The number of fused-ring (bicyclic) bond motifs is 2. The second kappa shape index (κ2) is 7.39. The van der Waals surface area contributed by atoms with Gasteiger partial charge in [-0.25, -0.2) is 4.79 Å². The molecular weight excluding hydrogens is 332 g/mol. The summed E-state index contributed by atoms with van der Waals surface area (Å²) < 4.78 is 17.1. The Hall–Kier alpha value is -1.88. The lowest BCUT2D eigenvalue weighted by molar-refractivity contribution is -0.151. The quantitative estimate of drug-likeness (QED) is 0.309. The molecule has 2 heterocycles. The lowest BCUT2D eigenvalue weighted by Crippen LogP contribution is -2.37. The molecule has 2 saturated heterocycles. The molecule has 0 spiro atoms. The van der Waals surface area contributed by atoms with Crippen molar-refractivity contribution in [3.05, 3.63) is 36.0 Å². The van der Waals surface area contributed by atoms with Crippen LogP contribution in [0.25, 0.3) is 0 Å². The monoisotopic (exact) mass is 360 g/mol. The van der Waals surface area contributed by atoms with Crippen molar-refractivity contribution in [2.24, 2.45) is 5.92 Å². The Balaban J connectivity index is 1.89. The number of ether oxygens (including phenoxy) is 3. The third-order valence-corrected chi connectivity index (χ3v) is 5.66. The maximum atomic E-state index is 12.1. The van der Waals surface area contributed by atoms with Crippen LogP contribution in [0, 0.1) is 5.92 Å². The molecule has 5 heteroatoms. The number of esters is 2. The molecule has 0 amide bonds. The molecule has 3 rings (SSSR count). The van der Waals surface area contributed by atoms with E-state index in [0.29, 0.717) is 12.0 Å². The van der Waals surface area contributed by atoms with Gasteiger partial charge in [0, 0.05) is 18.4 Å². The first kappa shape index (κ1) is 18.9. The molecule has 0 bridgehead atoms. The molecule has 2 aliphatic heterocycles. The Morgan fingerprint density at radius 3 is 2.81 bits per heavy atom. The molecule has 0 N–H and O–H groups in total. The number of allylic oxidation sites excluding steroid dienone is 3. The van der Waals surface area contributed by atoms with Crippen LogP contribution < -0.4 is 0 Å². The number of hydrogen-bond donors (Lipinski definition) is 0. The third-order valence-electron chi connectivity index (χ3n) is 5.66. The summed E-state index contributed by atoms with van der Waals surface area (Å²) >= 11 is 0. The molecule has 0 aromatic heterocycles. The number of hydrogen-bond acceptors (Lipinski definition) is 5. The Bertz CT molecular complexity index is 661. The van der Waals surface area contributed by atoms with E-state index in [1.165, 1.54) is 12.5 Å². The first-order chi connectivity index (χ1) is 12.3. The molecule has 0 radical (unpaired) electrons. The molecule has 5 nitrogen and oxygen atoms in total. The molecule has 26 heavy (non-hydrogen) atoms. The summed E-state index contributed by atoms with van der Waals surface area (Å²) in [6.45, 7) is 9.36. The Kier molecular flexibility index (Phi) is 5.37. The minimum Gasteiger partial charge on any atom is -0.459 e. The van der Waals surface area contributed by atoms with E-state index in [9.17, 15) is 9.59 Å². The van der Waals surface area contributed by atoms with Crippen LogP contribution in [0.5, 0.6) is 0 Å². The van der Waals surface area contributed by atoms with E-state index in [-0.39, 0.29) is 30.1 Å². The molecular formula is C21H28O5. The minimum absolute atomic E-state index is 0.0569. The molecule has 1 aliphatic carbocycles. The van der Waals surface area contributed by atoms with Gasteiger partial charge in [0.15, 0.2) is 0 Å². The molecule has 2 fully saturated rings. The normalized spacial score (nSPS) is 41.0. The number of carbonyl (C=O) groups excluding carboxylic acids is 2. The number of rotatable bonds is 1. The zero-order valence-corrected chi connectivity index (χ0v) is 15.8. The maximum Gasteiger partial charge on any atom is 0.334 e. The van der Waals surface area contributed by atoms with E-state index in [2.05, 4.69) is 25.7 Å². The van der Waals surface area contributed by atoms with E-state index in [1.54, 1.807) is 0 Å². The molecule has 0 aromatic carbocycles. The summed E-state index contributed by atoms with van der Waals surface area (Å²) in [5, 5.41) is 0. The van der Waals surface area contributed by atoms with E-state index in [1.807, 2.05) is 13.0 Å². The summed E-state index contributed by atoms with van der Waals surface area (Å²) in [4.78, 5) is 23.8. The highest BCUT2D eigenvalue weighted by Crippen LogP contribution is 2.47. The molecule has 0 aromatic rings. The standard InChI is InChI=1S/C21H28O5/c1-13-9-7-5-6-8-10-18-21(4,26-18)19(24-15(3)22)12-16-14(2)20(23)25-17(16)11-13/h5-6,11,16-19H,2,7-10,12H2,1,3-4H3/b6-5-,13-11+. The van der Waals surface area contributed by atoms with Gasteiger partial charge in [-0.2, -0.15) is 0 Å². The Morgan fingerprint density at radius 1 is 1.35 bits per heavy atom. The van der Waals surface area contributed by atoms with Gasteiger partial charge >= 0.3 is 11.9 Å². The van der Waals surface area contributed by atoms with Crippen molar-refractivity contribution in [3.8, 4) is 0 Å². The molecule has 3 aliphatic rings. The molecule has 5 atom stereocenters. The lowest BCUT2D eigenvalue weighted by atomic mass is 9.84. The van der Waals surface area contributed by atoms with Gasteiger partial charge in [-0.1, -0.05) is 24.3 Å². The van der Waals surface area contributed by atoms with Crippen molar-refractivity contribution in [2.75, 3.05) is 0 Å². The van der Waals surface area contributed by atoms with E-state index >= 15 is 0 Å². The van der Waals surface area contributed by atoms with Crippen LogP contribution in [0.4, 0.5) is 0 Å². The van der Waals surface area contributed by atoms with E-state index < -0.39 is 11.7 Å². The lowest BCUT2D eigenvalue weighted by Gasteiger charge is -2.26. The highest BCUT2D eigenvalue weighted by molar-refractivity contribution is 5.91. The van der Waals surface area contributed by atoms with Crippen LogP contribution in [0.2, 0.25) is 0 Å². The van der Waals surface area contributed by atoms with Crippen molar-refractivity contribution in [1.82, 2.24) is 0 Å². The summed E-state index contributed by atoms with van der Waals surface area (Å²) in [6.07, 6.45) is 9.85. The fraction of sp³-hybridized carbons (Fsp3) is 0.619. The highest BCUT2D eigenvalue weighted by atomic mass is 16.6. The predicted molar refractivity (Wildman–Crippen MR) is 97.3 cm³/mol. The largest absolute Gasteiger partial charge is 0.459 e. The van der Waals surface area contributed by atoms with Crippen LogP contribution in [0.15, 0.2) is 36.0 Å². The van der Waals surface area contributed by atoms with Crippen molar-refractivity contribution < 1.29 is 23.8 Å². The molecule has 0 saturated carbocycles. The van der Waals surface area contributed by atoms with Gasteiger partial charge in [0.25, 0.3) is 0 Å². The summed E-state index contributed by atoms with van der Waals surface area (Å²) in [5.41, 5.74) is 1.11. The van der Waals surface area contributed by atoms with Gasteiger partial charge in [0.05, 0.1) is 6.10 Å². The summed E-state index contributed by atoms with van der Waals surface area (Å²) in [6, 6.07) is 0.